The van der Waals surface area contributed by atoms with Crippen molar-refractivity contribution in [2.24, 2.45) is 16.5 Å². The van der Waals surface area contributed by atoms with E-state index in [9.17, 15) is 19.5 Å². The second kappa shape index (κ2) is 23.9. The molecule has 0 saturated carbocycles. The van der Waals surface area contributed by atoms with Crippen LogP contribution in [-0.4, -0.2) is 84.0 Å². The van der Waals surface area contributed by atoms with Crippen LogP contribution >= 0.6 is 0 Å². The molecule has 5 atom stereocenters. The minimum atomic E-state index is -1.10. The van der Waals surface area contributed by atoms with E-state index >= 15 is 0 Å². The number of benzene rings is 3. The first kappa shape index (κ1) is 44.7. The molecule has 1 unspecified atom stereocenters. The van der Waals surface area contributed by atoms with Gasteiger partial charge in [-0.3, -0.25) is 14.6 Å². The highest BCUT2D eigenvalue weighted by atomic mass is 16.6. The Morgan fingerprint density at radius 3 is 2.08 bits per heavy atom. The second-order valence-electron chi connectivity index (χ2n) is 15.5. The molecule has 0 bridgehead atoms. The molecule has 1 aliphatic heterocycles. The lowest BCUT2D eigenvalue weighted by molar-refractivity contribution is -0.168. The second-order valence-corrected chi connectivity index (χ2v) is 15.5. The van der Waals surface area contributed by atoms with Crippen LogP contribution in [0.4, 0.5) is 0 Å². The predicted molar refractivity (Wildman–Crippen MR) is 230 cm³/mol. The zero-order chi connectivity index (χ0) is 41.8. The first-order chi connectivity index (χ1) is 28.7. The summed E-state index contributed by atoms with van der Waals surface area (Å²) in [5, 5.41) is 17.2. The van der Waals surface area contributed by atoms with Crippen molar-refractivity contribution in [1.82, 2.24) is 15.6 Å². The molecule has 3 aromatic carbocycles. The lowest BCUT2D eigenvalue weighted by Crippen LogP contribution is -2.49. The zero-order valence-corrected chi connectivity index (χ0v) is 34.3. The van der Waals surface area contributed by atoms with Gasteiger partial charge in [-0.25, -0.2) is 4.79 Å². The van der Waals surface area contributed by atoms with E-state index in [1.165, 1.54) is 12.8 Å². The maximum atomic E-state index is 14.3. The summed E-state index contributed by atoms with van der Waals surface area (Å²) in [6.45, 7) is 2.49. The predicted octanol–water partition coefficient (Wildman–Crippen LogP) is 5.76. The van der Waals surface area contributed by atoms with Gasteiger partial charge in [0.25, 0.3) is 5.91 Å². The van der Waals surface area contributed by atoms with Gasteiger partial charge in [-0.15, -0.1) is 0 Å². The van der Waals surface area contributed by atoms with Gasteiger partial charge in [-0.1, -0.05) is 106 Å². The fourth-order valence-electron chi connectivity index (χ4n) is 7.32. The Labute approximate surface area is 347 Å². The minimum Gasteiger partial charge on any atom is -0.508 e. The van der Waals surface area contributed by atoms with Crippen LogP contribution in [-0.2, 0) is 47.9 Å². The minimum absolute atomic E-state index is 0.00962. The monoisotopic (exact) mass is 810 g/mol. The number of H-pyrrole nitrogens is 1. The van der Waals surface area contributed by atoms with Gasteiger partial charge < -0.3 is 46.4 Å². The Balaban J connectivity index is 1.47. The largest absolute Gasteiger partial charge is 0.508 e. The highest BCUT2D eigenvalue weighted by Gasteiger charge is 2.33. The van der Waals surface area contributed by atoms with Gasteiger partial charge in [0.2, 0.25) is 5.91 Å². The number of fused-ring (bicyclic) bond motifs is 1. The molecule has 59 heavy (non-hydrogen) atoms. The molecule has 0 radical (unpaired) electrons. The number of nitrogens with two attached hydrogens (primary N) is 2. The first-order valence-electron chi connectivity index (χ1n) is 21.1. The molecule has 0 spiro atoms. The quantitative estimate of drug-likeness (QED) is 0.0313. The number of amides is 2. The molecule has 2 amide bonds. The van der Waals surface area contributed by atoms with Crippen LogP contribution in [0.3, 0.4) is 0 Å². The Hall–Kier alpha value is -5.40. The molecule has 1 aliphatic rings. The van der Waals surface area contributed by atoms with E-state index in [1.54, 1.807) is 24.3 Å². The van der Waals surface area contributed by atoms with Crippen molar-refractivity contribution in [1.29, 1.82) is 0 Å². The highest BCUT2D eigenvalue weighted by molar-refractivity contribution is 5.86. The van der Waals surface area contributed by atoms with Gasteiger partial charge in [-0.05, 0) is 72.9 Å². The van der Waals surface area contributed by atoms with Crippen molar-refractivity contribution < 1.29 is 33.7 Å². The number of ether oxygens (including phenoxy) is 3. The van der Waals surface area contributed by atoms with E-state index in [0.29, 0.717) is 38.6 Å². The number of phenols is 1. The maximum absolute atomic E-state index is 14.3. The third kappa shape index (κ3) is 15.4. The van der Waals surface area contributed by atoms with E-state index in [-0.39, 0.29) is 43.7 Å². The first-order valence-corrected chi connectivity index (χ1v) is 21.1. The Morgan fingerprint density at radius 2 is 1.34 bits per heavy atom. The summed E-state index contributed by atoms with van der Waals surface area (Å²) in [7, 11) is 0. The number of guanidine groups is 1. The average Bonchev–Trinajstić information content (AvgIpc) is 3.64. The molecular weight excluding hydrogens is 749 g/mol. The van der Waals surface area contributed by atoms with E-state index < -0.39 is 42.3 Å². The molecule has 5 rings (SSSR count). The van der Waals surface area contributed by atoms with Crippen molar-refractivity contribution in [3.05, 3.63) is 102 Å². The number of esters is 1. The normalized spacial score (nSPS) is 20.8. The summed E-state index contributed by atoms with van der Waals surface area (Å²) < 4.78 is 19.0. The standard InChI is InChI=1S/C46H62N6O7/c1-2-3-4-5-6-7-11-20-40-43(54)52-37(26-33-21-23-38(53)24-22-33)31-57-41(27-32-15-9-8-10-16-32)44(55)51-35(18-14-25-49-46(47)48)30-58-42(45(56)59-40)29-36-28-34-17-12-13-19-39(34)50-36/h8-10,12-13,15-17,19,21-24,28,35,37,40-42,50,53H,2-7,11,14,18,20,25-27,29-31H2,1H3,(H,51,55)(H,52,54)(H4,47,48,49)/t35-,37-,40?,41+,42-/m0/s1. The van der Waals surface area contributed by atoms with E-state index in [0.717, 1.165) is 53.4 Å². The van der Waals surface area contributed by atoms with Gasteiger partial charge in [-0.2, -0.15) is 0 Å². The van der Waals surface area contributed by atoms with Crippen LogP contribution in [0.15, 0.2) is 89.9 Å². The number of nitrogens with zero attached hydrogens (tertiary/aromatic N) is 1. The summed E-state index contributed by atoms with van der Waals surface area (Å²) in [5.41, 5.74) is 14.6. The SMILES string of the molecule is CCCCCCCCCC1OC(=O)[C@H](Cc2cc3ccccc3[nH]2)OC[C@H](CCCN=C(N)N)NC(=O)[C@@H](Cc2ccccc2)OC[C@H](Cc2ccc(O)cc2)NC1=O. The van der Waals surface area contributed by atoms with Crippen molar-refractivity contribution in [3.63, 3.8) is 0 Å². The number of para-hydroxylation sites is 1. The van der Waals surface area contributed by atoms with Gasteiger partial charge >= 0.3 is 5.97 Å². The number of hydrogen-bond donors (Lipinski definition) is 6. The number of aromatic amines is 1. The molecular formula is C46H62N6O7. The third-order valence-corrected chi connectivity index (χ3v) is 10.5. The van der Waals surface area contributed by atoms with Crippen molar-refractivity contribution >= 4 is 34.6 Å². The molecule has 1 saturated heterocycles. The van der Waals surface area contributed by atoms with Gasteiger partial charge in [0.1, 0.15) is 11.9 Å². The number of phenolic OH excluding ortho intramolecular Hbond substituents is 1. The van der Waals surface area contributed by atoms with E-state index in [4.69, 9.17) is 25.7 Å². The van der Waals surface area contributed by atoms with Crippen molar-refractivity contribution in [2.75, 3.05) is 19.8 Å². The number of aromatic nitrogens is 1. The van der Waals surface area contributed by atoms with Crippen LogP contribution in [0.1, 0.15) is 88.0 Å². The summed E-state index contributed by atoms with van der Waals surface area (Å²) in [5.74, 6) is -1.38. The van der Waals surface area contributed by atoms with Crippen LogP contribution in [0.2, 0.25) is 0 Å². The Bertz CT molecular complexity index is 1880. The Kier molecular flexibility index (Phi) is 18.1. The maximum Gasteiger partial charge on any atom is 0.336 e. The van der Waals surface area contributed by atoms with Crippen LogP contribution in [0, 0.1) is 0 Å². The zero-order valence-electron chi connectivity index (χ0n) is 34.3. The smallest absolute Gasteiger partial charge is 0.336 e. The molecule has 0 aliphatic carbocycles. The number of carbonyl (C=O) groups excluding carboxylic acids is 3. The number of aromatic hydroxyl groups is 1. The average molecular weight is 811 g/mol. The highest BCUT2D eigenvalue weighted by Crippen LogP contribution is 2.20. The molecule has 2 heterocycles. The summed E-state index contributed by atoms with van der Waals surface area (Å²) in [6, 6.07) is 25.0. The van der Waals surface area contributed by atoms with Crippen LogP contribution in [0.5, 0.6) is 5.75 Å². The van der Waals surface area contributed by atoms with Crippen molar-refractivity contribution in [2.45, 2.75) is 121 Å². The molecule has 13 heteroatoms. The Morgan fingerprint density at radius 1 is 0.695 bits per heavy atom. The molecule has 13 nitrogen and oxygen atoms in total. The third-order valence-electron chi connectivity index (χ3n) is 10.5. The number of nitrogens with one attached hydrogen (secondary N) is 3. The van der Waals surface area contributed by atoms with Gasteiger partial charge in [0.05, 0.1) is 25.3 Å². The van der Waals surface area contributed by atoms with Crippen LogP contribution in [0.25, 0.3) is 10.9 Å². The number of hydrogen-bond acceptors (Lipinski definition) is 8. The lowest BCUT2D eigenvalue weighted by Gasteiger charge is -2.26. The molecule has 8 N–H and O–H groups in total. The number of cyclic esters (lactones) is 1. The van der Waals surface area contributed by atoms with Gasteiger partial charge in [0.15, 0.2) is 18.2 Å². The summed E-state index contributed by atoms with van der Waals surface area (Å²) >= 11 is 0. The number of unbranched alkanes of at least 4 members (excludes halogenated alkanes) is 6. The van der Waals surface area contributed by atoms with Gasteiger partial charge in [0, 0.05) is 30.6 Å². The van der Waals surface area contributed by atoms with E-state index in [2.05, 4.69) is 27.5 Å². The summed E-state index contributed by atoms with van der Waals surface area (Å²) in [6.07, 6.45) is 6.21. The molecule has 4 aromatic rings. The molecule has 318 valence electrons. The van der Waals surface area contributed by atoms with Crippen molar-refractivity contribution in [3.8, 4) is 5.75 Å². The van der Waals surface area contributed by atoms with E-state index in [1.807, 2.05) is 60.7 Å². The summed E-state index contributed by atoms with van der Waals surface area (Å²) in [4.78, 5) is 50.3. The fourth-order valence-corrected chi connectivity index (χ4v) is 7.32. The number of rotatable bonds is 18. The van der Waals surface area contributed by atoms with Crippen LogP contribution < -0.4 is 22.1 Å². The number of aliphatic imine (C=N–C) groups is 1. The molecule has 1 aromatic heterocycles. The fraction of sp³-hybridized carbons (Fsp3) is 0.478. The number of carbonyl (C=O) groups is 3. The lowest BCUT2D eigenvalue weighted by atomic mass is 10.0. The molecule has 1 fully saturated rings. The topological polar surface area (TPSA) is 203 Å².